The highest BCUT2D eigenvalue weighted by Gasteiger charge is 2.37. The van der Waals surface area contributed by atoms with Gasteiger partial charge >= 0.3 is 0 Å². The van der Waals surface area contributed by atoms with Gasteiger partial charge in [-0.2, -0.15) is 0 Å². The maximum Gasteiger partial charge on any atom is 0.159 e. The highest BCUT2D eigenvalue weighted by molar-refractivity contribution is 5.96. The number of carbonyl (C=O) groups is 1. The lowest BCUT2D eigenvalue weighted by Gasteiger charge is -2.28. The Labute approximate surface area is 162 Å². The summed E-state index contributed by atoms with van der Waals surface area (Å²) in [5.41, 5.74) is 2.45. The first kappa shape index (κ1) is 21.7. The largest absolute Gasteiger partial charge is 0.494 e. The molecular formula is C21H33NO5. The smallest absolute Gasteiger partial charge is 0.159 e. The van der Waals surface area contributed by atoms with Crippen molar-refractivity contribution in [2.75, 3.05) is 45.6 Å². The average molecular weight is 379 g/mol. The number of hydrogen-bond acceptors (Lipinski definition) is 6. The fourth-order valence-electron chi connectivity index (χ4n) is 3.45. The second-order valence-electron chi connectivity index (χ2n) is 7.89. The molecule has 1 saturated heterocycles. The maximum atomic E-state index is 12.1. The van der Waals surface area contributed by atoms with E-state index in [0.29, 0.717) is 25.3 Å². The third-order valence-electron chi connectivity index (χ3n) is 4.82. The van der Waals surface area contributed by atoms with Crippen LogP contribution in [0.2, 0.25) is 0 Å². The number of methoxy groups -OCH3 is 2. The summed E-state index contributed by atoms with van der Waals surface area (Å²) in [6.07, 6.45) is -0.164. The van der Waals surface area contributed by atoms with Gasteiger partial charge in [0, 0.05) is 37.9 Å². The van der Waals surface area contributed by atoms with Crippen LogP contribution in [-0.2, 0) is 19.6 Å². The molecule has 0 spiro atoms. The zero-order chi connectivity index (χ0) is 20.2. The predicted molar refractivity (Wildman–Crippen MR) is 106 cm³/mol. The predicted octanol–water partition coefficient (Wildman–Crippen LogP) is 3.41. The number of ketones is 1. The van der Waals surface area contributed by atoms with Gasteiger partial charge in [-0.05, 0) is 31.4 Å². The lowest BCUT2D eigenvalue weighted by Crippen LogP contribution is -2.30. The lowest BCUT2D eigenvalue weighted by atomic mass is 9.84. The number of Topliss-reactive ketones (excluding diaryl/α,β-unsaturated/α-hetero) is 1. The number of benzene rings is 1. The first-order chi connectivity index (χ1) is 12.7. The summed E-state index contributed by atoms with van der Waals surface area (Å²) in [7, 11) is 3.29. The van der Waals surface area contributed by atoms with Crippen LogP contribution in [0.5, 0.6) is 5.75 Å². The average Bonchev–Trinajstić information content (AvgIpc) is 3.00. The van der Waals surface area contributed by atoms with Crippen molar-refractivity contribution in [3.8, 4) is 5.75 Å². The zero-order valence-electron chi connectivity index (χ0n) is 17.6. The molecule has 6 heteroatoms. The van der Waals surface area contributed by atoms with Gasteiger partial charge in [-0.15, -0.1) is 0 Å². The lowest BCUT2D eigenvalue weighted by molar-refractivity contribution is -0.108. The second-order valence-corrected chi connectivity index (χ2v) is 7.89. The molecule has 1 heterocycles. The molecule has 27 heavy (non-hydrogen) atoms. The highest BCUT2D eigenvalue weighted by Crippen LogP contribution is 2.41. The number of hydrogen-bond donors (Lipinski definition) is 0. The van der Waals surface area contributed by atoms with Crippen molar-refractivity contribution in [3.05, 3.63) is 23.3 Å². The van der Waals surface area contributed by atoms with Gasteiger partial charge in [-0.1, -0.05) is 20.8 Å². The molecule has 6 nitrogen and oxygen atoms in total. The Kier molecular flexibility index (Phi) is 7.25. The van der Waals surface area contributed by atoms with Crippen molar-refractivity contribution in [2.45, 2.75) is 52.2 Å². The summed E-state index contributed by atoms with van der Waals surface area (Å²) in [5.74, 6) is 0.840. The molecule has 1 aromatic rings. The minimum atomic E-state index is -0.156. The normalized spacial score (nSPS) is 20.2. The van der Waals surface area contributed by atoms with E-state index in [1.54, 1.807) is 21.1 Å². The molecule has 0 unspecified atom stereocenters. The van der Waals surface area contributed by atoms with Gasteiger partial charge in [0.1, 0.15) is 24.8 Å². The minimum absolute atomic E-state index is 0.0390. The molecule has 1 aliphatic rings. The molecular weight excluding hydrogens is 346 g/mol. The maximum absolute atomic E-state index is 12.1. The Morgan fingerprint density at radius 2 is 1.78 bits per heavy atom. The zero-order valence-corrected chi connectivity index (χ0v) is 17.6. The summed E-state index contributed by atoms with van der Waals surface area (Å²) in [6.45, 7) is 12.1. The van der Waals surface area contributed by atoms with Gasteiger partial charge in [0.15, 0.2) is 5.78 Å². The van der Waals surface area contributed by atoms with Crippen molar-refractivity contribution < 1.29 is 23.7 Å². The van der Waals surface area contributed by atoms with E-state index >= 15 is 0 Å². The Morgan fingerprint density at radius 1 is 1.15 bits per heavy atom. The van der Waals surface area contributed by atoms with Crippen molar-refractivity contribution in [1.82, 2.24) is 0 Å². The van der Waals surface area contributed by atoms with Crippen molar-refractivity contribution >= 4 is 11.5 Å². The molecule has 0 N–H and O–H groups in total. The molecule has 2 rings (SSSR count). The van der Waals surface area contributed by atoms with Gasteiger partial charge in [-0.3, -0.25) is 4.79 Å². The van der Waals surface area contributed by atoms with E-state index < -0.39 is 0 Å². The SMILES string of the molecule is CCO[C@H]1CN(c2cc(C(C)=O)cc(C(C)(C)C)c2OC)C[C@@H]1OCOC. The molecule has 0 bridgehead atoms. The van der Waals surface area contributed by atoms with E-state index in [0.717, 1.165) is 17.0 Å². The van der Waals surface area contributed by atoms with E-state index in [1.807, 2.05) is 19.1 Å². The number of ether oxygens (including phenoxy) is 4. The monoisotopic (exact) mass is 379 g/mol. The molecule has 0 aliphatic carbocycles. The van der Waals surface area contributed by atoms with Crippen LogP contribution >= 0.6 is 0 Å². The van der Waals surface area contributed by atoms with Crippen molar-refractivity contribution in [3.63, 3.8) is 0 Å². The van der Waals surface area contributed by atoms with Gasteiger partial charge in [0.2, 0.25) is 0 Å². The number of nitrogens with zero attached hydrogens (tertiary/aromatic N) is 1. The Morgan fingerprint density at radius 3 is 2.26 bits per heavy atom. The fraction of sp³-hybridized carbons (Fsp3) is 0.667. The van der Waals surface area contributed by atoms with Gasteiger partial charge in [0.05, 0.1) is 12.8 Å². The van der Waals surface area contributed by atoms with E-state index in [-0.39, 0.29) is 30.2 Å². The Balaban J connectivity index is 2.46. The first-order valence-corrected chi connectivity index (χ1v) is 9.43. The summed E-state index contributed by atoms with van der Waals surface area (Å²) < 4.78 is 22.6. The molecule has 1 aliphatic heterocycles. The topological polar surface area (TPSA) is 57.2 Å². The molecule has 1 fully saturated rings. The quantitative estimate of drug-likeness (QED) is 0.510. The van der Waals surface area contributed by atoms with Gasteiger partial charge < -0.3 is 23.8 Å². The molecule has 0 radical (unpaired) electrons. The van der Waals surface area contributed by atoms with Crippen LogP contribution in [0.4, 0.5) is 5.69 Å². The summed E-state index contributed by atoms with van der Waals surface area (Å²) in [4.78, 5) is 14.3. The van der Waals surface area contributed by atoms with Crippen LogP contribution in [0.1, 0.15) is 50.5 Å². The molecule has 0 amide bonds. The van der Waals surface area contributed by atoms with E-state index in [4.69, 9.17) is 18.9 Å². The number of anilines is 1. The molecule has 0 aromatic heterocycles. The molecule has 2 atom stereocenters. The highest BCUT2D eigenvalue weighted by atomic mass is 16.7. The molecule has 0 saturated carbocycles. The second kappa shape index (κ2) is 9.04. The Bertz CT molecular complexity index is 653. The Hall–Kier alpha value is -1.63. The third kappa shape index (κ3) is 5.00. The van der Waals surface area contributed by atoms with Crippen LogP contribution in [-0.4, -0.2) is 58.7 Å². The van der Waals surface area contributed by atoms with E-state index in [9.17, 15) is 4.79 Å². The number of carbonyl (C=O) groups excluding carboxylic acids is 1. The standard InChI is InChI=1S/C21H33NO5/c1-8-26-18-11-22(12-19(18)27-13-24-6)17-10-15(14(2)23)9-16(20(17)25-7)21(3,4)5/h9-10,18-19H,8,11-13H2,1-7H3/t18-,19-/m0/s1. The van der Waals surface area contributed by atoms with E-state index in [1.165, 1.54) is 0 Å². The van der Waals surface area contributed by atoms with E-state index in [2.05, 4.69) is 25.7 Å². The summed E-state index contributed by atoms with van der Waals surface area (Å²) >= 11 is 0. The molecule has 152 valence electrons. The summed E-state index contributed by atoms with van der Waals surface area (Å²) in [6, 6.07) is 3.86. The van der Waals surface area contributed by atoms with Crippen molar-refractivity contribution in [1.29, 1.82) is 0 Å². The summed E-state index contributed by atoms with van der Waals surface area (Å²) in [5, 5.41) is 0. The van der Waals surface area contributed by atoms with Crippen molar-refractivity contribution in [2.24, 2.45) is 0 Å². The van der Waals surface area contributed by atoms with Crippen LogP contribution in [0.3, 0.4) is 0 Å². The van der Waals surface area contributed by atoms with Crippen LogP contribution in [0.25, 0.3) is 0 Å². The van der Waals surface area contributed by atoms with Crippen LogP contribution < -0.4 is 9.64 Å². The fourth-order valence-corrected chi connectivity index (χ4v) is 3.45. The van der Waals surface area contributed by atoms with Gasteiger partial charge in [0.25, 0.3) is 0 Å². The first-order valence-electron chi connectivity index (χ1n) is 9.43. The van der Waals surface area contributed by atoms with Crippen LogP contribution in [0.15, 0.2) is 12.1 Å². The molecule has 1 aromatic carbocycles. The van der Waals surface area contributed by atoms with Crippen LogP contribution in [0, 0.1) is 0 Å². The van der Waals surface area contributed by atoms with Gasteiger partial charge in [-0.25, -0.2) is 0 Å². The third-order valence-corrected chi connectivity index (χ3v) is 4.82. The number of rotatable bonds is 8. The minimum Gasteiger partial charge on any atom is -0.494 e.